The van der Waals surface area contributed by atoms with Crippen molar-refractivity contribution in [3.05, 3.63) is 29.8 Å². The molecule has 1 heterocycles. The molecule has 102 valence electrons. The quantitative estimate of drug-likeness (QED) is 0.814. The lowest BCUT2D eigenvalue weighted by atomic mass is 10.1. The number of hydrogen-bond donors (Lipinski definition) is 1. The molecular formula is C17H24N2. The summed E-state index contributed by atoms with van der Waals surface area (Å²) in [5.41, 5.74) is 2.65. The zero-order chi connectivity index (χ0) is 13.5. The molecule has 1 unspecified atom stereocenters. The van der Waals surface area contributed by atoms with Crippen molar-refractivity contribution in [1.82, 2.24) is 5.32 Å². The zero-order valence-electron chi connectivity index (χ0n) is 11.9. The van der Waals surface area contributed by atoms with Crippen LogP contribution in [0, 0.1) is 12.3 Å². The van der Waals surface area contributed by atoms with Crippen LogP contribution in [0.3, 0.4) is 0 Å². The molecule has 1 aliphatic heterocycles. The van der Waals surface area contributed by atoms with Crippen molar-refractivity contribution in [2.24, 2.45) is 0 Å². The molecular weight excluding hydrogens is 232 g/mol. The largest absolute Gasteiger partial charge is 0.372 e. The maximum atomic E-state index is 5.45. The first kappa shape index (κ1) is 14.0. The maximum Gasteiger partial charge on any atom is 0.0686 e. The van der Waals surface area contributed by atoms with E-state index in [-0.39, 0.29) is 6.04 Å². The van der Waals surface area contributed by atoms with E-state index >= 15 is 0 Å². The van der Waals surface area contributed by atoms with Crippen molar-refractivity contribution < 1.29 is 0 Å². The molecule has 0 saturated carbocycles. The summed E-state index contributed by atoms with van der Waals surface area (Å²) in [6.07, 6.45) is 10.4. The zero-order valence-corrected chi connectivity index (χ0v) is 11.9. The first-order valence-corrected chi connectivity index (χ1v) is 7.37. The van der Waals surface area contributed by atoms with Crippen LogP contribution in [0.5, 0.6) is 0 Å². The molecule has 0 spiro atoms. The van der Waals surface area contributed by atoms with Gasteiger partial charge in [-0.1, -0.05) is 25.0 Å². The minimum Gasteiger partial charge on any atom is -0.372 e. The fourth-order valence-corrected chi connectivity index (χ4v) is 2.54. The van der Waals surface area contributed by atoms with Gasteiger partial charge in [-0.05, 0) is 43.4 Å². The number of nitrogens with one attached hydrogen (secondary N) is 1. The molecule has 0 amide bonds. The lowest BCUT2D eigenvalue weighted by molar-refractivity contribution is 0.577. The van der Waals surface area contributed by atoms with Crippen molar-refractivity contribution in [3.8, 4) is 12.3 Å². The molecule has 0 bridgehead atoms. The first-order chi connectivity index (χ1) is 9.33. The summed E-state index contributed by atoms with van der Waals surface area (Å²) >= 11 is 0. The van der Waals surface area contributed by atoms with Crippen LogP contribution >= 0.6 is 0 Å². The highest BCUT2D eigenvalue weighted by Gasteiger charge is 2.10. The Morgan fingerprint density at radius 3 is 2.47 bits per heavy atom. The van der Waals surface area contributed by atoms with E-state index in [1.807, 2.05) is 0 Å². The van der Waals surface area contributed by atoms with Gasteiger partial charge in [0, 0.05) is 25.3 Å². The van der Waals surface area contributed by atoms with Crippen LogP contribution in [0.25, 0.3) is 0 Å². The Morgan fingerprint density at radius 1 is 1.21 bits per heavy atom. The van der Waals surface area contributed by atoms with Crippen molar-refractivity contribution in [3.63, 3.8) is 0 Å². The van der Waals surface area contributed by atoms with E-state index in [0.29, 0.717) is 0 Å². The predicted molar refractivity (Wildman–Crippen MR) is 82.3 cm³/mol. The molecule has 2 heteroatoms. The number of anilines is 1. The highest BCUT2D eigenvalue weighted by Crippen LogP contribution is 2.20. The standard InChI is InChI=1S/C17H24N2/c1-3-16(4-2)18-14-15-8-10-17(11-9-15)19-12-6-5-7-13-19/h1,8-11,16,18H,4-7,12-14H2,2H3. The molecule has 0 radical (unpaired) electrons. The van der Waals surface area contributed by atoms with E-state index in [1.54, 1.807) is 0 Å². The Balaban J connectivity index is 1.89. The summed E-state index contributed by atoms with van der Waals surface area (Å²) in [4.78, 5) is 2.48. The molecule has 1 aliphatic rings. The van der Waals surface area contributed by atoms with Gasteiger partial charge in [0.05, 0.1) is 6.04 Å². The smallest absolute Gasteiger partial charge is 0.0686 e. The van der Waals surface area contributed by atoms with E-state index < -0.39 is 0 Å². The van der Waals surface area contributed by atoms with Gasteiger partial charge in [0.1, 0.15) is 0 Å². The Morgan fingerprint density at radius 2 is 1.89 bits per heavy atom. The Bertz CT molecular complexity index is 410. The van der Waals surface area contributed by atoms with E-state index in [0.717, 1.165) is 13.0 Å². The molecule has 2 nitrogen and oxygen atoms in total. The minimum absolute atomic E-state index is 0.182. The summed E-state index contributed by atoms with van der Waals surface area (Å²) in [5, 5.41) is 3.38. The first-order valence-electron chi connectivity index (χ1n) is 7.37. The number of benzene rings is 1. The number of piperidine rings is 1. The highest BCUT2D eigenvalue weighted by atomic mass is 15.1. The molecule has 2 rings (SSSR count). The summed E-state index contributed by atoms with van der Waals surface area (Å²) in [6, 6.07) is 9.07. The number of nitrogens with zero attached hydrogens (tertiary/aromatic N) is 1. The van der Waals surface area contributed by atoms with Crippen molar-refractivity contribution in [2.45, 2.75) is 45.2 Å². The van der Waals surface area contributed by atoms with Crippen molar-refractivity contribution in [2.75, 3.05) is 18.0 Å². The maximum absolute atomic E-state index is 5.45. The monoisotopic (exact) mass is 256 g/mol. The van der Waals surface area contributed by atoms with Crippen molar-refractivity contribution >= 4 is 5.69 Å². The summed E-state index contributed by atoms with van der Waals surface area (Å²) in [7, 11) is 0. The van der Waals surface area contributed by atoms with Crippen LogP contribution in [0.2, 0.25) is 0 Å². The van der Waals surface area contributed by atoms with Gasteiger partial charge in [-0.3, -0.25) is 5.32 Å². The Kier molecular flexibility index (Phi) is 5.30. The molecule has 0 aromatic heterocycles. The number of hydrogen-bond acceptors (Lipinski definition) is 2. The van der Waals surface area contributed by atoms with Gasteiger partial charge >= 0.3 is 0 Å². The number of terminal acetylenes is 1. The summed E-state index contributed by atoms with van der Waals surface area (Å²) < 4.78 is 0. The lowest BCUT2D eigenvalue weighted by Crippen LogP contribution is -2.29. The average Bonchev–Trinajstić information content (AvgIpc) is 2.50. The van der Waals surface area contributed by atoms with E-state index in [4.69, 9.17) is 6.42 Å². The van der Waals surface area contributed by atoms with Crippen LogP contribution in [-0.2, 0) is 6.54 Å². The second kappa shape index (κ2) is 7.21. The second-order valence-corrected chi connectivity index (χ2v) is 5.22. The fourth-order valence-electron chi connectivity index (χ4n) is 2.54. The van der Waals surface area contributed by atoms with Crippen LogP contribution in [0.4, 0.5) is 5.69 Å². The highest BCUT2D eigenvalue weighted by molar-refractivity contribution is 5.47. The lowest BCUT2D eigenvalue weighted by Gasteiger charge is -2.28. The summed E-state index contributed by atoms with van der Waals surface area (Å²) in [6.45, 7) is 5.36. The summed E-state index contributed by atoms with van der Waals surface area (Å²) in [5.74, 6) is 2.77. The van der Waals surface area contributed by atoms with Gasteiger partial charge < -0.3 is 4.90 Å². The van der Waals surface area contributed by atoms with Crippen LogP contribution in [0.15, 0.2) is 24.3 Å². The van der Waals surface area contributed by atoms with E-state index in [2.05, 4.69) is 47.3 Å². The molecule has 0 aliphatic carbocycles. The molecule has 1 saturated heterocycles. The van der Waals surface area contributed by atoms with Gasteiger partial charge in [-0.2, -0.15) is 0 Å². The Hall–Kier alpha value is -1.46. The minimum atomic E-state index is 0.182. The van der Waals surface area contributed by atoms with Crippen LogP contribution in [-0.4, -0.2) is 19.1 Å². The van der Waals surface area contributed by atoms with Gasteiger partial charge in [-0.25, -0.2) is 0 Å². The van der Waals surface area contributed by atoms with Crippen LogP contribution < -0.4 is 10.2 Å². The van der Waals surface area contributed by atoms with Gasteiger partial charge in [0.25, 0.3) is 0 Å². The third-order valence-electron chi connectivity index (χ3n) is 3.82. The molecule has 1 atom stereocenters. The average molecular weight is 256 g/mol. The SMILES string of the molecule is C#CC(CC)NCc1ccc(N2CCCCC2)cc1. The number of rotatable bonds is 5. The predicted octanol–water partition coefficient (Wildman–Crippen LogP) is 3.18. The topological polar surface area (TPSA) is 15.3 Å². The van der Waals surface area contributed by atoms with E-state index in [9.17, 15) is 0 Å². The molecule has 1 aromatic rings. The van der Waals surface area contributed by atoms with Crippen molar-refractivity contribution in [1.29, 1.82) is 0 Å². The van der Waals surface area contributed by atoms with E-state index in [1.165, 1.54) is 43.6 Å². The molecule has 19 heavy (non-hydrogen) atoms. The second-order valence-electron chi connectivity index (χ2n) is 5.22. The van der Waals surface area contributed by atoms with Gasteiger partial charge in [-0.15, -0.1) is 6.42 Å². The Labute approximate surface area is 117 Å². The van der Waals surface area contributed by atoms with Gasteiger partial charge in [0.2, 0.25) is 0 Å². The molecule has 1 fully saturated rings. The fraction of sp³-hybridized carbons (Fsp3) is 0.529. The van der Waals surface area contributed by atoms with Crippen LogP contribution in [0.1, 0.15) is 38.2 Å². The third kappa shape index (κ3) is 4.01. The molecule has 1 aromatic carbocycles. The normalized spacial score (nSPS) is 16.9. The van der Waals surface area contributed by atoms with Gasteiger partial charge in [0.15, 0.2) is 0 Å². The molecule has 1 N–H and O–H groups in total. The third-order valence-corrected chi connectivity index (χ3v) is 3.82.